The van der Waals surface area contributed by atoms with Crippen molar-refractivity contribution in [1.29, 1.82) is 0 Å². The molecule has 154 valence electrons. The van der Waals surface area contributed by atoms with Gasteiger partial charge in [0, 0.05) is 38.8 Å². The molecule has 0 amide bonds. The average Bonchev–Trinajstić information content (AvgIpc) is 3.39. The zero-order valence-electron chi connectivity index (χ0n) is 17.2. The minimum absolute atomic E-state index is 0.398. The Labute approximate surface area is 176 Å². The fourth-order valence-electron chi connectivity index (χ4n) is 3.73. The Morgan fingerprint density at radius 1 is 1.10 bits per heavy atom. The summed E-state index contributed by atoms with van der Waals surface area (Å²) in [5.74, 6) is 1.64. The molecule has 1 fully saturated rings. The van der Waals surface area contributed by atoms with Gasteiger partial charge < -0.3 is 9.15 Å². The van der Waals surface area contributed by atoms with Gasteiger partial charge in [-0.05, 0) is 30.9 Å². The Morgan fingerprint density at radius 2 is 1.90 bits per heavy atom. The quantitative estimate of drug-likeness (QED) is 0.548. The molecular weight excluding hydrogens is 382 g/mol. The molecule has 0 N–H and O–H groups in total. The van der Waals surface area contributed by atoms with Crippen LogP contribution in [0, 0.1) is 6.92 Å². The van der Waals surface area contributed by atoms with E-state index in [0.29, 0.717) is 6.04 Å². The first-order chi connectivity index (χ1) is 14.2. The van der Waals surface area contributed by atoms with Crippen LogP contribution in [0.4, 0.5) is 0 Å². The first-order valence-corrected chi connectivity index (χ1v) is 11.2. The lowest BCUT2D eigenvalue weighted by atomic mass is 10.1. The van der Waals surface area contributed by atoms with Gasteiger partial charge in [-0.15, -0.1) is 11.3 Å². The smallest absolute Gasteiger partial charge is 0.236 e. The Bertz CT molecular complexity index is 873. The predicted molar refractivity (Wildman–Crippen MR) is 117 cm³/mol. The van der Waals surface area contributed by atoms with Crippen LogP contribution in [-0.2, 0) is 17.8 Å². The molecule has 1 saturated heterocycles. The second kappa shape index (κ2) is 9.67. The van der Waals surface area contributed by atoms with Crippen molar-refractivity contribution in [2.24, 2.45) is 0 Å². The van der Waals surface area contributed by atoms with Gasteiger partial charge in [0.25, 0.3) is 0 Å². The predicted octanol–water partition coefficient (Wildman–Crippen LogP) is 4.43. The van der Waals surface area contributed by atoms with Crippen LogP contribution in [0.5, 0.6) is 0 Å². The molecule has 4 rings (SSSR count). The summed E-state index contributed by atoms with van der Waals surface area (Å²) in [6, 6.07) is 15.2. The minimum Gasteiger partial charge on any atom is -0.440 e. The van der Waals surface area contributed by atoms with Crippen molar-refractivity contribution in [2.75, 3.05) is 32.8 Å². The van der Waals surface area contributed by atoms with Crippen molar-refractivity contribution >= 4 is 11.3 Å². The minimum atomic E-state index is 0.398. The molecule has 0 saturated carbocycles. The number of thiophene rings is 1. The molecule has 1 unspecified atom stereocenters. The summed E-state index contributed by atoms with van der Waals surface area (Å²) in [7, 11) is 0. The number of ether oxygens (including phenoxy) is 1. The van der Waals surface area contributed by atoms with E-state index in [1.807, 2.05) is 13.0 Å². The van der Waals surface area contributed by atoms with Crippen molar-refractivity contribution in [3.05, 3.63) is 64.9 Å². The lowest BCUT2D eigenvalue weighted by molar-refractivity contribution is 0.0224. The molecule has 0 spiro atoms. The van der Waals surface area contributed by atoms with Crippen molar-refractivity contribution in [2.45, 2.75) is 33.0 Å². The molecule has 3 heterocycles. The van der Waals surface area contributed by atoms with Gasteiger partial charge in [0.15, 0.2) is 0 Å². The fourth-order valence-corrected chi connectivity index (χ4v) is 4.38. The highest BCUT2D eigenvalue weighted by Crippen LogP contribution is 2.27. The fraction of sp³-hybridized carbons (Fsp3) is 0.435. The number of aromatic nitrogens is 1. The van der Waals surface area contributed by atoms with Crippen LogP contribution < -0.4 is 0 Å². The summed E-state index contributed by atoms with van der Waals surface area (Å²) in [6.45, 7) is 10.7. The van der Waals surface area contributed by atoms with E-state index >= 15 is 0 Å². The van der Waals surface area contributed by atoms with Crippen LogP contribution >= 0.6 is 11.3 Å². The third-order valence-corrected chi connectivity index (χ3v) is 6.31. The standard InChI is InChI=1S/C23H29N3O2S/c1-18(15-25-10-12-27-13-11-25)26(16-20-7-4-3-5-8-20)17-21-19(2)28-23(24-21)22-9-6-14-29-22/h3-9,14,18H,10-13,15-17H2,1-2H3. The van der Waals surface area contributed by atoms with E-state index in [2.05, 4.69) is 58.5 Å². The van der Waals surface area contributed by atoms with Crippen molar-refractivity contribution < 1.29 is 9.15 Å². The number of nitrogens with zero attached hydrogens (tertiary/aromatic N) is 3. The summed E-state index contributed by atoms with van der Waals surface area (Å²) >= 11 is 1.66. The van der Waals surface area contributed by atoms with Crippen LogP contribution in [-0.4, -0.2) is 53.7 Å². The number of benzene rings is 1. The Balaban J connectivity index is 1.51. The third-order valence-electron chi connectivity index (χ3n) is 5.46. The van der Waals surface area contributed by atoms with Gasteiger partial charge in [-0.3, -0.25) is 9.80 Å². The number of rotatable bonds is 8. The second-order valence-corrected chi connectivity index (χ2v) is 8.60. The maximum Gasteiger partial charge on any atom is 0.236 e. The van der Waals surface area contributed by atoms with E-state index in [1.165, 1.54) is 5.56 Å². The van der Waals surface area contributed by atoms with E-state index in [0.717, 1.165) is 68.2 Å². The van der Waals surface area contributed by atoms with E-state index in [9.17, 15) is 0 Å². The summed E-state index contributed by atoms with van der Waals surface area (Å²) < 4.78 is 11.5. The summed E-state index contributed by atoms with van der Waals surface area (Å²) in [6.07, 6.45) is 0. The van der Waals surface area contributed by atoms with Crippen LogP contribution in [0.1, 0.15) is 23.9 Å². The normalized spacial score (nSPS) is 16.4. The molecule has 0 bridgehead atoms. The average molecular weight is 412 g/mol. The number of hydrogen-bond donors (Lipinski definition) is 0. The molecule has 1 aliphatic heterocycles. The number of oxazole rings is 1. The van der Waals surface area contributed by atoms with Crippen LogP contribution in [0.15, 0.2) is 52.3 Å². The molecule has 1 aliphatic rings. The van der Waals surface area contributed by atoms with E-state index in [-0.39, 0.29) is 0 Å². The third kappa shape index (κ3) is 5.34. The highest BCUT2D eigenvalue weighted by Gasteiger charge is 2.22. The van der Waals surface area contributed by atoms with E-state index in [1.54, 1.807) is 11.3 Å². The molecule has 5 nitrogen and oxygen atoms in total. The molecule has 1 atom stereocenters. The van der Waals surface area contributed by atoms with Crippen LogP contribution in [0.25, 0.3) is 10.8 Å². The van der Waals surface area contributed by atoms with Crippen molar-refractivity contribution in [3.8, 4) is 10.8 Å². The lowest BCUT2D eigenvalue weighted by Crippen LogP contribution is -2.45. The summed E-state index contributed by atoms with van der Waals surface area (Å²) in [5, 5.41) is 2.06. The molecule has 2 aromatic heterocycles. The Morgan fingerprint density at radius 3 is 2.62 bits per heavy atom. The molecule has 0 aliphatic carbocycles. The topological polar surface area (TPSA) is 41.7 Å². The molecule has 0 radical (unpaired) electrons. The van der Waals surface area contributed by atoms with Gasteiger partial charge in [0.2, 0.25) is 5.89 Å². The Hall–Kier alpha value is -1.99. The molecular formula is C23H29N3O2S. The number of morpholine rings is 1. The van der Waals surface area contributed by atoms with Crippen LogP contribution in [0.3, 0.4) is 0 Å². The highest BCUT2D eigenvalue weighted by molar-refractivity contribution is 7.13. The van der Waals surface area contributed by atoms with Gasteiger partial charge in [0.05, 0.1) is 23.8 Å². The van der Waals surface area contributed by atoms with Crippen molar-refractivity contribution in [3.63, 3.8) is 0 Å². The Kier molecular flexibility index (Phi) is 6.77. The molecule has 1 aromatic carbocycles. The van der Waals surface area contributed by atoms with E-state index < -0.39 is 0 Å². The molecule has 29 heavy (non-hydrogen) atoms. The van der Waals surface area contributed by atoms with Gasteiger partial charge >= 0.3 is 0 Å². The summed E-state index contributed by atoms with van der Waals surface area (Å²) in [4.78, 5) is 10.9. The first-order valence-electron chi connectivity index (χ1n) is 10.3. The monoisotopic (exact) mass is 411 g/mol. The molecule has 3 aromatic rings. The SMILES string of the molecule is Cc1oc(-c2cccs2)nc1CN(Cc1ccccc1)C(C)CN1CCOCC1. The maximum atomic E-state index is 5.99. The number of hydrogen-bond acceptors (Lipinski definition) is 6. The lowest BCUT2D eigenvalue weighted by Gasteiger charge is -2.35. The van der Waals surface area contributed by atoms with Gasteiger partial charge in [-0.1, -0.05) is 36.4 Å². The molecule has 6 heteroatoms. The van der Waals surface area contributed by atoms with E-state index in [4.69, 9.17) is 14.1 Å². The first kappa shape index (κ1) is 20.3. The highest BCUT2D eigenvalue weighted by atomic mass is 32.1. The second-order valence-electron chi connectivity index (χ2n) is 7.65. The van der Waals surface area contributed by atoms with Crippen LogP contribution in [0.2, 0.25) is 0 Å². The van der Waals surface area contributed by atoms with Crippen molar-refractivity contribution in [1.82, 2.24) is 14.8 Å². The number of aryl methyl sites for hydroxylation is 1. The van der Waals surface area contributed by atoms with Gasteiger partial charge in [-0.2, -0.15) is 0 Å². The largest absolute Gasteiger partial charge is 0.440 e. The summed E-state index contributed by atoms with van der Waals surface area (Å²) in [5.41, 5.74) is 2.35. The zero-order valence-corrected chi connectivity index (χ0v) is 18.0. The zero-order chi connectivity index (χ0) is 20.1. The maximum absolute atomic E-state index is 5.99. The van der Waals surface area contributed by atoms with Gasteiger partial charge in [0.1, 0.15) is 5.76 Å². The van der Waals surface area contributed by atoms with Gasteiger partial charge in [-0.25, -0.2) is 4.98 Å².